The highest BCUT2D eigenvalue weighted by molar-refractivity contribution is 7.89. The van der Waals surface area contributed by atoms with Gasteiger partial charge in [-0.3, -0.25) is 0 Å². The molecule has 176 valence electrons. The number of rotatable bonds is 7. The number of hydrogen-bond donors (Lipinski definition) is 0. The van der Waals surface area contributed by atoms with E-state index in [-0.39, 0.29) is 10.6 Å². The van der Waals surface area contributed by atoms with E-state index in [2.05, 4.69) is 4.90 Å². The van der Waals surface area contributed by atoms with Gasteiger partial charge in [0.05, 0.1) is 27.0 Å². The first-order valence-electron chi connectivity index (χ1n) is 10.1. The van der Waals surface area contributed by atoms with Crippen LogP contribution >= 0.6 is 22.9 Å². The first kappa shape index (κ1) is 23.6. The van der Waals surface area contributed by atoms with Crippen molar-refractivity contribution in [3.8, 4) is 28.5 Å². The Morgan fingerprint density at radius 1 is 0.939 bits per heavy atom. The molecule has 0 atom stereocenters. The Morgan fingerprint density at radius 2 is 1.67 bits per heavy atom. The van der Waals surface area contributed by atoms with Crippen molar-refractivity contribution in [2.75, 3.05) is 52.4 Å². The van der Waals surface area contributed by atoms with Gasteiger partial charge in [0.2, 0.25) is 10.0 Å². The average molecular weight is 510 g/mol. The summed E-state index contributed by atoms with van der Waals surface area (Å²) in [5.74, 6) is 1.66. The number of benzene rings is 2. The summed E-state index contributed by atoms with van der Waals surface area (Å²) in [5.41, 5.74) is 1.67. The molecule has 4 rings (SSSR count). The van der Waals surface area contributed by atoms with Crippen molar-refractivity contribution in [1.82, 2.24) is 9.29 Å². The Bertz CT molecular complexity index is 1240. The van der Waals surface area contributed by atoms with Gasteiger partial charge in [0.15, 0.2) is 5.13 Å². The molecular formula is C22H24ClN3O5S2. The maximum atomic E-state index is 13.2. The molecule has 1 aliphatic heterocycles. The summed E-state index contributed by atoms with van der Waals surface area (Å²) in [5, 5.41) is 3.15. The van der Waals surface area contributed by atoms with Crippen LogP contribution in [-0.4, -0.2) is 65.2 Å². The van der Waals surface area contributed by atoms with E-state index in [1.807, 2.05) is 23.6 Å². The summed E-state index contributed by atoms with van der Waals surface area (Å²) in [6.45, 7) is 1.71. The van der Waals surface area contributed by atoms with Crippen LogP contribution in [0.5, 0.6) is 17.2 Å². The molecule has 0 amide bonds. The third kappa shape index (κ3) is 4.74. The lowest BCUT2D eigenvalue weighted by Gasteiger charge is -2.34. The molecule has 33 heavy (non-hydrogen) atoms. The standard InChI is InChI=1S/C22H24ClN3O5S2/c1-29-16-5-6-17(20(13-16)31-3)18-14-32-22(24-18)25-8-10-26(11-9-25)33(27,28)21-12-15(23)4-7-19(21)30-2/h4-7,12-14H,8-11H2,1-3H3. The molecule has 0 N–H and O–H groups in total. The maximum Gasteiger partial charge on any atom is 0.246 e. The molecule has 1 aromatic heterocycles. The van der Waals surface area contributed by atoms with E-state index in [9.17, 15) is 8.42 Å². The van der Waals surface area contributed by atoms with Crippen LogP contribution in [0.15, 0.2) is 46.7 Å². The number of thiazole rings is 1. The molecule has 1 saturated heterocycles. The van der Waals surface area contributed by atoms with Crippen molar-refractivity contribution in [2.45, 2.75) is 4.90 Å². The third-order valence-electron chi connectivity index (χ3n) is 5.43. The molecule has 0 aliphatic carbocycles. The normalized spacial score (nSPS) is 14.8. The lowest BCUT2D eigenvalue weighted by Crippen LogP contribution is -2.48. The monoisotopic (exact) mass is 509 g/mol. The lowest BCUT2D eigenvalue weighted by molar-refractivity contribution is 0.374. The zero-order valence-electron chi connectivity index (χ0n) is 18.4. The van der Waals surface area contributed by atoms with Gasteiger partial charge in [0, 0.05) is 48.2 Å². The summed E-state index contributed by atoms with van der Waals surface area (Å²) < 4.78 is 43.9. The van der Waals surface area contributed by atoms with Crippen LogP contribution in [0.2, 0.25) is 5.02 Å². The number of sulfonamides is 1. The molecule has 2 aromatic carbocycles. The van der Waals surface area contributed by atoms with E-state index >= 15 is 0 Å². The second kappa shape index (κ2) is 9.76. The second-order valence-electron chi connectivity index (χ2n) is 7.27. The van der Waals surface area contributed by atoms with Crippen LogP contribution in [-0.2, 0) is 10.0 Å². The Labute approximate surface area is 202 Å². The Morgan fingerprint density at radius 3 is 2.33 bits per heavy atom. The number of aromatic nitrogens is 1. The fourth-order valence-corrected chi connectivity index (χ4v) is 6.37. The number of ether oxygens (including phenoxy) is 3. The van der Waals surface area contributed by atoms with Crippen LogP contribution in [0.1, 0.15) is 0 Å². The predicted octanol–water partition coefficient (Wildman–Crippen LogP) is 4.00. The van der Waals surface area contributed by atoms with Crippen LogP contribution in [0.4, 0.5) is 5.13 Å². The van der Waals surface area contributed by atoms with Gasteiger partial charge in [0.1, 0.15) is 22.1 Å². The zero-order valence-corrected chi connectivity index (χ0v) is 20.8. The van der Waals surface area contributed by atoms with Gasteiger partial charge in [-0.05, 0) is 30.3 Å². The van der Waals surface area contributed by atoms with E-state index in [1.54, 1.807) is 26.4 Å². The highest BCUT2D eigenvalue weighted by Crippen LogP contribution is 2.36. The van der Waals surface area contributed by atoms with Crippen molar-refractivity contribution in [3.63, 3.8) is 0 Å². The Balaban J connectivity index is 1.50. The Kier molecular flexibility index (Phi) is 6.99. The highest BCUT2D eigenvalue weighted by Gasteiger charge is 2.32. The van der Waals surface area contributed by atoms with Gasteiger partial charge in [-0.15, -0.1) is 11.3 Å². The van der Waals surface area contributed by atoms with Crippen LogP contribution in [0, 0.1) is 0 Å². The number of halogens is 1. The summed E-state index contributed by atoms with van der Waals surface area (Å²) in [4.78, 5) is 6.94. The van der Waals surface area contributed by atoms with Crippen molar-refractivity contribution >= 4 is 38.1 Å². The number of anilines is 1. The predicted molar refractivity (Wildman–Crippen MR) is 130 cm³/mol. The van der Waals surface area contributed by atoms with Gasteiger partial charge < -0.3 is 19.1 Å². The molecule has 11 heteroatoms. The molecule has 1 fully saturated rings. The summed E-state index contributed by atoms with van der Waals surface area (Å²) >= 11 is 7.56. The highest BCUT2D eigenvalue weighted by atomic mass is 35.5. The molecule has 0 unspecified atom stereocenters. The van der Waals surface area contributed by atoms with Crippen LogP contribution in [0.3, 0.4) is 0 Å². The van der Waals surface area contributed by atoms with Gasteiger partial charge in [-0.2, -0.15) is 4.31 Å². The molecule has 2 heterocycles. The van der Waals surface area contributed by atoms with E-state index in [0.29, 0.717) is 42.7 Å². The third-order valence-corrected chi connectivity index (χ3v) is 8.49. The smallest absolute Gasteiger partial charge is 0.246 e. The fraction of sp³-hybridized carbons (Fsp3) is 0.318. The van der Waals surface area contributed by atoms with E-state index < -0.39 is 10.0 Å². The molecule has 0 saturated carbocycles. The Hall–Kier alpha value is -2.53. The average Bonchev–Trinajstić information content (AvgIpc) is 3.33. The van der Waals surface area contributed by atoms with Gasteiger partial charge in [0.25, 0.3) is 0 Å². The van der Waals surface area contributed by atoms with Crippen LogP contribution < -0.4 is 19.1 Å². The minimum atomic E-state index is -3.73. The minimum Gasteiger partial charge on any atom is -0.497 e. The first-order valence-corrected chi connectivity index (χ1v) is 12.8. The van der Waals surface area contributed by atoms with Crippen molar-refractivity contribution in [2.24, 2.45) is 0 Å². The van der Waals surface area contributed by atoms with Crippen molar-refractivity contribution in [1.29, 1.82) is 0 Å². The van der Waals surface area contributed by atoms with E-state index in [4.69, 9.17) is 30.8 Å². The molecular weight excluding hydrogens is 486 g/mol. The molecule has 8 nitrogen and oxygen atoms in total. The quantitative estimate of drug-likeness (QED) is 0.476. The maximum absolute atomic E-state index is 13.2. The number of nitrogens with zero attached hydrogens (tertiary/aromatic N) is 3. The van der Waals surface area contributed by atoms with Crippen molar-refractivity contribution < 1.29 is 22.6 Å². The first-order chi connectivity index (χ1) is 15.9. The van der Waals surface area contributed by atoms with Gasteiger partial charge in [-0.25, -0.2) is 13.4 Å². The second-order valence-corrected chi connectivity index (χ2v) is 10.4. The van der Waals surface area contributed by atoms with Crippen LogP contribution in [0.25, 0.3) is 11.3 Å². The number of hydrogen-bond acceptors (Lipinski definition) is 8. The summed E-state index contributed by atoms with van der Waals surface area (Å²) in [6.07, 6.45) is 0. The van der Waals surface area contributed by atoms with Gasteiger partial charge >= 0.3 is 0 Å². The number of methoxy groups -OCH3 is 3. The minimum absolute atomic E-state index is 0.0779. The molecule has 0 bridgehead atoms. The molecule has 3 aromatic rings. The summed E-state index contributed by atoms with van der Waals surface area (Å²) in [6, 6.07) is 10.2. The molecule has 0 spiro atoms. The SMILES string of the molecule is COc1ccc(-c2csc(N3CCN(S(=O)(=O)c4cc(Cl)ccc4OC)CC3)n2)c(OC)c1. The zero-order chi connectivity index (χ0) is 23.6. The fourth-order valence-electron chi connectivity index (χ4n) is 3.65. The largest absolute Gasteiger partial charge is 0.497 e. The van der Waals surface area contributed by atoms with E-state index in [1.165, 1.54) is 28.8 Å². The number of piperazine rings is 1. The van der Waals surface area contributed by atoms with Gasteiger partial charge in [-0.1, -0.05) is 11.6 Å². The molecule has 0 radical (unpaired) electrons. The lowest BCUT2D eigenvalue weighted by atomic mass is 10.1. The molecule has 1 aliphatic rings. The van der Waals surface area contributed by atoms with E-state index in [0.717, 1.165) is 16.4 Å². The summed E-state index contributed by atoms with van der Waals surface area (Å²) in [7, 11) is 0.928. The topological polar surface area (TPSA) is 81.2 Å². The van der Waals surface area contributed by atoms with Crippen molar-refractivity contribution in [3.05, 3.63) is 46.8 Å².